The molecule has 5 rings (SSSR count). The average Bonchev–Trinajstić information content (AvgIpc) is 3.08. The normalized spacial score (nSPS) is 13.7. The molecule has 4 aromatic carbocycles. The number of piperazine rings is 1. The molecule has 2 amide bonds. The van der Waals surface area contributed by atoms with E-state index in [1.807, 2.05) is 67.6 Å². The summed E-state index contributed by atoms with van der Waals surface area (Å²) < 4.78 is 5.56. The number of hydrogen-bond acceptors (Lipinski definition) is 7. The first-order valence-electron chi connectivity index (χ1n) is 14.7. The van der Waals surface area contributed by atoms with E-state index in [1.54, 1.807) is 37.5 Å². The zero-order valence-corrected chi connectivity index (χ0v) is 25.2. The molecule has 0 spiro atoms. The molecule has 10 heteroatoms. The number of rotatable bonds is 10. The number of nitro groups is 1. The van der Waals surface area contributed by atoms with Crippen LogP contribution in [0.5, 0.6) is 5.75 Å². The van der Waals surface area contributed by atoms with Crippen LogP contribution in [0, 0.1) is 10.1 Å². The van der Waals surface area contributed by atoms with Gasteiger partial charge in [-0.25, -0.2) is 0 Å². The molecular weight excluding hydrogens is 570 g/mol. The Hall–Kier alpha value is -5.64. The molecule has 1 fully saturated rings. The fraction of sp³-hybridized carbons (Fsp3) is 0.200. The summed E-state index contributed by atoms with van der Waals surface area (Å²) in [4.78, 5) is 41.4. The van der Waals surface area contributed by atoms with E-state index in [2.05, 4.69) is 20.4 Å². The summed E-state index contributed by atoms with van der Waals surface area (Å²) in [5.74, 6) is 0.185. The number of amides is 2. The molecule has 1 aliphatic heterocycles. The SMILES string of the molecule is COc1ccccc1N1CCN(c2ccc(NC(=O)/C=C/c3ccc([N+](=O)[O-])cc3)cc2C(=O)N[C@H](C)c2ccccc2)CC1. The predicted molar refractivity (Wildman–Crippen MR) is 177 cm³/mol. The number of benzene rings is 4. The quantitative estimate of drug-likeness (QED) is 0.128. The van der Waals surface area contributed by atoms with Gasteiger partial charge in [0.05, 0.1) is 29.3 Å². The first-order valence-corrected chi connectivity index (χ1v) is 14.7. The Morgan fingerprint density at radius 3 is 2.18 bits per heavy atom. The van der Waals surface area contributed by atoms with Crippen LogP contribution < -0.4 is 25.2 Å². The Morgan fingerprint density at radius 2 is 1.51 bits per heavy atom. The first-order chi connectivity index (χ1) is 21.8. The number of ether oxygens (including phenoxy) is 1. The van der Waals surface area contributed by atoms with Crippen molar-refractivity contribution < 1.29 is 19.2 Å². The molecule has 1 atom stereocenters. The highest BCUT2D eigenvalue weighted by atomic mass is 16.6. The summed E-state index contributed by atoms with van der Waals surface area (Å²) in [5.41, 5.74) is 4.36. The molecule has 0 unspecified atom stereocenters. The Balaban J connectivity index is 1.34. The van der Waals surface area contributed by atoms with Crippen LogP contribution in [0.4, 0.5) is 22.7 Å². The van der Waals surface area contributed by atoms with Crippen LogP contribution in [0.25, 0.3) is 6.08 Å². The number of para-hydroxylation sites is 2. The van der Waals surface area contributed by atoms with Gasteiger partial charge in [-0.2, -0.15) is 0 Å². The maximum Gasteiger partial charge on any atom is 0.269 e. The van der Waals surface area contributed by atoms with Crippen LogP contribution in [-0.4, -0.2) is 50.0 Å². The number of carbonyl (C=O) groups is 2. The van der Waals surface area contributed by atoms with Gasteiger partial charge in [0.25, 0.3) is 11.6 Å². The topological polar surface area (TPSA) is 117 Å². The van der Waals surface area contributed by atoms with Gasteiger partial charge < -0.3 is 25.2 Å². The van der Waals surface area contributed by atoms with E-state index in [-0.39, 0.29) is 17.6 Å². The Morgan fingerprint density at radius 1 is 0.867 bits per heavy atom. The number of nitrogens with zero attached hydrogens (tertiary/aromatic N) is 3. The molecule has 1 heterocycles. The van der Waals surface area contributed by atoms with E-state index in [0.29, 0.717) is 29.9 Å². The van der Waals surface area contributed by atoms with Crippen LogP contribution in [0.15, 0.2) is 103 Å². The highest BCUT2D eigenvalue weighted by molar-refractivity contribution is 6.05. The van der Waals surface area contributed by atoms with E-state index < -0.39 is 10.8 Å². The molecule has 4 aromatic rings. The van der Waals surface area contributed by atoms with Gasteiger partial charge in [-0.05, 0) is 66.6 Å². The Kier molecular flexibility index (Phi) is 9.74. The van der Waals surface area contributed by atoms with E-state index in [9.17, 15) is 19.7 Å². The van der Waals surface area contributed by atoms with Gasteiger partial charge in [0.2, 0.25) is 5.91 Å². The lowest BCUT2D eigenvalue weighted by Gasteiger charge is -2.38. The van der Waals surface area contributed by atoms with Gasteiger partial charge in [-0.3, -0.25) is 19.7 Å². The number of nitrogens with one attached hydrogen (secondary N) is 2. The minimum atomic E-state index is -0.474. The maximum atomic E-state index is 13.7. The largest absolute Gasteiger partial charge is 0.495 e. The number of non-ortho nitro benzene ring substituents is 1. The lowest BCUT2D eigenvalue weighted by atomic mass is 10.1. The minimum absolute atomic E-state index is 0.0229. The third-order valence-corrected chi connectivity index (χ3v) is 7.73. The number of carbonyl (C=O) groups excluding carboxylic acids is 2. The van der Waals surface area contributed by atoms with Gasteiger partial charge in [0.15, 0.2) is 0 Å². The summed E-state index contributed by atoms with van der Waals surface area (Å²) in [6, 6.07) is 28.7. The molecule has 0 saturated carbocycles. The molecule has 230 valence electrons. The van der Waals surface area contributed by atoms with Crippen molar-refractivity contribution in [1.82, 2.24) is 5.32 Å². The number of anilines is 3. The van der Waals surface area contributed by atoms with Gasteiger partial charge in [0, 0.05) is 55.8 Å². The average molecular weight is 606 g/mol. The van der Waals surface area contributed by atoms with E-state index in [4.69, 9.17) is 4.74 Å². The lowest BCUT2D eigenvalue weighted by molar-refractivity contribution is -0.384. The van der Waals surface area contributed by atoms with Gasteiger partial charge in [-0.15, -0.1) is 0 Å². The van der Waals surface area contributed by atoms with Crippen LogP contribution >= 0.6 is 0 Å². The zero-order valence-electron chi connectivity index (χ0n) is 25.2. The standard InChI is InChI=1S/C35H35N5O5/c1-25(27-8-4-3-5-9-27)36-35(42)30-24-28(37-34(41)19-14-26-12-16-29(17-13-26)40(43)44)15-18-31(30)38-20-22-39(23-21-38)32-10-6-7-11-33(32)45-2/h3-19,24-25H,20-23H2,1-2H3,(H,36,42)(H,37,41)/b19-14+/t25-/m1/s1. The van der Waals surface area contributed by atoms with Crippen LogP contribution in [-0.2, 0) is 4.79 Å². The third kappa shape index (κ3) is 7.66. The number of hydrogen-bond donors (Lipinski definition) is 2. The van der Waals surface area contributed by atoms with E-state index in [0.717, 1.165) is 35.8 Å². The second-order valence-corrected chi connectivity index (χ2v) is 10.7. The first kappa shape index (κ1) is 30.8. The molecule has 1 aliphatic rings. The maximum absolute atomic E-state index is 13.7. The molecule has 45 heavy (non-hydrogen) atoms. The molecule has 2 N–H and O–H groups in total. The summed E-state index contributed by atoms with van der Waals surface area (Å²) in [6.07, 6.45) is 2.92. The van der Waals surface area contributed by atoms with Crippen molar-refractivity contribution in [3.63, 3.8) is 0 Å². The van der Waals surface area contributed by atoms with Crippen molar-refractivity contribution >= 4 is 40.6 Å². The molecule has 0 radical (unpaired) electrons. The predicted octanol–water partition coefficient (Wildman–Crippen LogP) is 6.07. The molecule has 0 bridgehead atoms. The summed E-state index contributed by atoms with van der Waals surface area (Å²) >= 11 is 0. The summed E-state index contributed by atoms with van der Waals surface area (Å²) in [5, 5.41) is 16.8. The van der Waals surface area contributed by atoms with Crippen molar-refractivity contribution in [2.45, 2.75) is 13.0 Å². The fourth-order valence-electron chi connectivity index (χ4n) is 5.31. The van der Waals surface area contributed by atoms with E-state index >= 15 is 0 Å². The van der Waals surface area contributed by atoms with Crippen molar-refractivity contribution in [1.29, 1.82) is 0 Å². The summed E-state index contributed by atoms with van der Waals surface area (Å²) in [6.45, 7) is 4.81. The molecular formula is C35H35N5O5. The van der Waals surface area contributed by atoms with Gasteiger partial charge in [-0.1, -0.05) is 42.5 Å². The van der Waals surface area contributed by atoms with Crippen LogP contribution in [0.3, 0.4) is 0 Å². The van der Waals surface area contributed by atoms with Crippen molar-refractivity contribution in [3.05, 3.63) is 130 Å². The summed E-state index contributed by atoms with van der Waals surface area (Å²) in [7, 11) is 1.67. The zero-order chi connectivity index (χ0) is 31.8. The number of nitro benzene ring substituents is 1. The highest BCUT2D eigenvalue weighted by Gasteiger charge is 2.24. The van der Waals surface area contributed by atoms with Crippen molar-refractivity contribution in [3.8, 4) is 5.75 Å². The lowest BCUT2D eigenvalue weighted by Crippen LogP contribution is -2.47. The third-order valence-electron chi connectivity index (χ3n) is 7.73. The second-order valence-electron chi connectivity index (χ2n) is 10.7. The number of methoxy groups -OCH3 is 1. The van der Waals surface area contributed by atoms with Crippen molar-refractivity contribution in [2.75, 3.05) is 48.4 Å². The minimum Gasteiger partial charge on any atom is -0.495 e. The second kappa shape index (κ2) is 14.2. The smallest absolute Gasteiger partial charge is 0.269 e. The van der Waals surface area contributed by atoms with E-state index in [1.165, 1.54) is 18.2 Å². The molecule has 0 aromatic heterocycles. The van der Waals surface area contributed by atoms with Crippen LogP contribution in [0.2, 0.25) is 0 Å². The highest BCUT2D eigenvalue weighted by Crippen LogP contribution is 2.31. The van der Waals surface area contributed by atoms with Gasteiger partial charge >= 0.3 is 0 Å². The molecule has 1 saturated heterocycles. The van der Waals surface area contributed by atoms with Crippen LogP contribution in [0.1, 0.15) is 34.5 Å². The fourth-order valence-corrected chi connectivity index (χ4v) is 5.31. The molecule has 10 nitrogen and oxygen atoms in total. The Labute approximate surface area is 262 Å². The van der Waals surface area contributed by atoms with Gasteiger partial charge in [0.1, 0.15) is 5.75 Å². The monoisotopic (exact) mass is 605 g/mol. The molecule has 0 aliphatic carbocycles. The van der Waals surface area contributed by atoms with Crippen molar-refractivity contribution in [2.24, 2.45) is 0 Å². The Bertz CT molecular complexity index is 1680.